The van der Waals surface area contributed by atoms with E-state index < -0.39 is 11.9 Å². The second kappa shape index (κ2) is 5.39. The lowest BCUT2D eigenvalue weighted by molar-refractivity contribution is 0.178. The summed E-state index contributed by atoms with van der Waals surface area (Å²) < 4.78 is 13.3. The van der Waals surface area contributed by atoms with Gasteiger partial charge in [-0.15, -0.1) is 11.3 Å². The Bertz CT molecular complexity index is 565. The van der Waals surface area contributed by atoms with Crippen LogP contribution >= 0.6 is 22.9 Å². The lowest BCUT2D eigenvalue weighted by atomic mass is 10.0. The zero-order valence-corrected chi connectivity index (χ0v) is 11.8. The second-order valence-corrected chi connectivity index (χ2v) is 6.14. The second-order valence-electron chi connectivity index (χ2n) is 4.30. The summed E-state index contributed by atoms with van der Waals surface area (Å²) in [5, 5.41) is 10.3. The van der Waals surface area contributed by atoms with Crippen LogP contribution in [0.25, 0.3) is 0 Å². The predicted octanol–water partition coefficient (Wildman–Crippen LogP) is 4.43. The molecule has 0 saturated heterocycles. The van der Waals surface area contributed by atoms with Crippen molar-refractivity contribution in [1.29, 1.82) is 0 Å². The number of benzene rings is 1. The highest BCUT2D eigenvalue weighted by molar-refractivity contribution is 7.12. The third-order valence-electron chi connectivity index (χ3n) is 2.88. The molecule has 1 heterocycles. The van der Waals surface area contributed by atoms with Crippen molar-refractivity contribution in [1.82, 2.24) is 0 Å². The smallest absolute Gasteiger partial charge is 0.142 e. The van der Waals surface area contributed by atoms with Gasteiger partial charge in [-0.2, -0.15) is 0 Å². The minimum absolute atomic E-state index is 0.0983. The summed E-state index contributed by atoms with van der Waals surface area (Å²) in [6.07, 6.45) is -0.317. The number of halogens is 2. The molecule has 18 heavy (non-hydrogen) atoms. The fourth-order valence-electron chi connectivity index (χ4n) is 2.01. The molecule has 1 unspecified atom stereocenters. The Morgan fingerprint density at radius 1 is 1.39 bits per heavy atom. The highest BCUT2D eigenvalue weighted by Crippen LogP contribution is 2.30. The highest BCUT2D eigenvalue weighted by Gasteiger charge is 2.16. The molecule has 96 valence electrons. The zero-order valence-electron chi connectivity index (χ0n) is 10.2. The van der Waals surface area contributed by atoms with E-state index in [4.69, 9.17) is 11.6 Å². The van der Waals surface area contributed by atoms with Gasteiger partial charge in [-0.1, -0.05) is 23.7 Å². The molecule has 0 spiro atoms. The summed E-state index contributed by atoms with van der Waals surface area (Å²) in [7, 11) is 0. The van der Waals surface area contributed by atoms with E-state index in [1.54, 1.807) is 23.5 Å². The lowest BCUT2D eigenvalue weighted by Gasteiger charge is -2.12. The SMILES string of the molecule is Cc1cc(C(O)Cc2cccc(F)c2Cl)c(C)s1. The predicted molar refractivity (Wildman–Crippen MR) is 73.9 cm³/mol. The number of aliphatic hydroxyl groups excluding tert-OH is 1. The van der Waals surface area contributed by atoms with E-state index in [1.165, 1.54) is 6.07 Å². The van der Waals surface area contributed by atoms with Gasteiger partial charge in [-0.05, 0) is 37.1 Å². The molecular formula is C14H14ClFOS. The Hall–Kier alpha value is -0.900. The van der Waals surface area contributed by atoms with Crippen LogP contribution in [0.2, 0.25) is 5.02 Å². The van der Waals surface area contributed by atoms with E-state index in [-0.39, 0.29) is 5.02 Å². The summed E-state index contributed by atoms with van der Waals surface area (Å²) in [6.45, 7) is 3.98. The Kier molecular flexibility index (Phi) is 4.05. The maximum Gasteiger partial charge on any atom is 0.142 e. The van der Waals surface area contributed by atoms with Crippen LogP contribution in [0.3, 0.4) is 0 Å². The van der Waals surface area contributed by atoms with Crippen LogP contribution in [0, 0.1) is 19.7 Å². The van der Waals surface area contributed by atoms with Gasteiger partial charge in [0, 0.05) is 16.2 Å². The minimum Gasteiger partial charge on any atom is -0.388 e. The number of aryl methyl sites for hydroxylation is 2. The first-order valence-electron chi connectivity index (χ1n) is 5.67. The maximum absolute atomic E-state index is 13.3. The molecule has 0 amide bonds. The van der Waals surface area contributed by atoms with Crippen molar-refractivity contribution in [3.8, 4) is 0 Å². The van der Waals surface area contributed by atoms with Crippen LogP contribution in [0.5, 0.6) is 0 Å². The third kappa shape index (κ3) is 2.74. The Morgan fingerprint density at radius 2 is 2.11 bits per heavy atom. The monoisotopic (exact) mass is 284 g/mol. The van der Waals surface area contributed by atoms with E-state index >= 15 is 0 Å². The molecule has 2 aromatic rings. The molecule has 2 rings (SSSR count). The van der Waals surface area contributed by atoms with Crippen molar-refractivity contribution < 1.29 is 9.50 Å². The van der Waals surface area contributed by atoms with Gasteiger partial charge < -0.3 is 5.11 Å². The molecule has 0 aliphatic heterocycles. The molecule has 1 aromatic carbocycles. The summed E-state index contributed by atoms with van der Waals surface area (Å²) in [6, 6.07) is 6.63. The molecule has 0 saturated carbocycles. The Labute approximate surface area is 115 Å². The molecule has 0 aliphatic carbocycles. The lowest BCUT2D eigenvalue weighted by Crippen LogP contribution is -2.03. The van der Waals surface area contributed by atoms with E-state index in [1.807, 2.05) is 19.9 Å². The topological polar surface area (TPSA) is 20.2 Å². The van der Waals surface area contributed by atoms with Gasteiger partial charge in [-0.25, -0.2) is 4.39 Å². The van der Waals surface area contributed by atoms with Crippen molar-refractivity contribution >= 4 is 22.9 Å². The van der Waals surface area contributed by atoms with Gasteiger partial charge in [0.05, 0.1) is 11.1 Å². The molecule has 0 aliphatic rings. The average molecular weight is 285 g/mol. The van der Waals surface area contributed by atoms with Gasteiger partial charge in [0.1, 0.15) is 5.82 Å². The number of thiophene rings is 1. The Balaban J connectivity index is 2.24. The van der Waals surface area contributed by atoms with Gasteiger partial charge in [-0.3, -0.25) is 0 Å². The number of hydrogen-bond acceptors (Lipinski definition) is 2. The third-order valence-corrected chi connectivity index (χ3v) is 4.29. The fraction of sp³-hybridized carbons (Fsp3) is 0.286. The number of aliphatic hydroxyl groups is 1. The van der Waals surface area contributed by atoms with Crippen LogP contribution in [0.4, 0.5) is 4.39 Å². The largest absolute Gasteiger partial charge is 0.388 e. The first-order chi connectivity index (χ1) is 8.49. The van der Waals surface area contributed by atoms with Crippen LogP contribution in [0.1, 0.15) is 27.0 Å². The van der Waals surface area contributed by atoms with E-state index in [9.17, 15) is 9.50 Å². The minimum atomic E-state index is -0.644. The molecule has 0 bridgehead atoms. The van der Waals surface area contributed by atoms with E-state index in [2.05, 4.69) is 0 Å². The van der Waals surface area contributed by atoms with Crippen LogP contribution in [0.15, 0.2) is 24.3 Å². The zero-order chi connectivity index (χ0) is 13.3. The summed E-state index contributed by atoms with van der Waals surface area (Å²) in [4.78, 5) is 2.25. The highest BCUT2D eigenvalue weighted by atomic mass is 35.5. The standard InChI is InChI=1S/C14H14ClFOS/c1-8-6-11(9(2)18-8)13(17)7-10-4-3-5-12(16)14(10)15/h3-6,13,17H,7H2,1-2H3. The van der Waals surface area contributed by atoms with Crippen LogP contribution in [-0.4, -0.2) is 5.11 Å². The summed E-state index contributed by atoms with van der Waals surface area (Å²) in [5.41, 5.74) is 1.53. The molecule has 1 atom stereocenters. The normalized spacial score (nSPS) is 12.7. The quantitative estimate of drug-likeness (QED) is 0.884. The molecule has 1 aromatic heterocycles. The molecule has 1 nitrogen and oxygen atoms in total. The van der Waals surface area contributed by atoms with Gasteiger partial charge in [0.15, 0.2) is 0 Å². The molecule has 0 fully saturated rings. The van der Waals surface area contributed by atoms with E-state index in [0.717, 1.165) is 15.3 Å². The van der Waals surface area contributed by atoms with Crippen molar-refractivity contribution in [3.05, 3.63) is 56.0 Å². The van der Waals surface area contributed by atoms with Gasteiger partial charge in [0.25, 0.3) is 0 Å². The molecule has 0 radical (unpaired) electrons. The first-order valence-corrected chi connectivity index (χ1v) is 6.86. The number of rotatable bonds is 3. The maximum atomic E-state index is 13.3. The van der Waals surface area contributed by atoms with E-state index in [0.29, 0.717) is 12.0 Å². The van der Waals surface area contributed by atoms with Gasteiger partial charge >= 0.3 is 0 Å². The molecule has 1 N–H and O–H groups in total. The molecular weight excluding hydrogens is 271 g/mol. The van der Waals surface area contributed by atoms with Crippen LogP contribution in [-0.2, 0) is 6.42 Å². The average Bonchev–Trinajstić information content (AvgIpc) is 2.64. The van der Waals surface area contributed by atoms with Crippen molar-refractivity contribution in [3.63, 3.8) is 0 Å². The summed E-state index contributed by atoms with van der Waals surface area (Å²) >= 11 is 7.53. The Morgan fingerprint density at radius 3 is 2.72 bits per heavy atom. The van der Waals surface area contributed by atoms with Crippen molar-refractivity contribution in [2.24, 2.45) is 0 Å². The van der Waals surface area contributed by atoms with Crippen molar-refractivity contribution in [2.45, 2.75) is 26.4 Å². The fourth-order valence-corrected chi connectivity index (χ4v) is 3.19. The van der Waals surface area contributed by atoms with Crippen molar-refractivity contribution in [2.75, 3.05) is 0 Å². The van der Waals surface area contributed by atoms with Crippen LogP contribution < -0.4 is 0 Å². The first kappa shape index (κ1) is 13.5. The molecule has 4 heteroatoms. The van der Waals surface area contributed by atoms with Gasteiger partial charge in [0.2, 0.25) is 0 Å². The summed E-state index contributed by atoms with van der Waals surface area (Å²) in [5.74, 6) is -0.445. The number of hydrogen-bond donors (Lipinski definition) is 1.